The summed E-state index contributed by atoms with van der Waals surface area (Å²) in [6, 6.07) is 13.4. The molecule has 0 saturated carbocycles. The maximum atomic E-state index is 12.4. The average molecular weight is 313 g/mol. The molecular formula is C18H19NO4. The number of rotatable bonds is 4. The van der Waals surface area contributed by atoms with Gasteiger partial charge in [0.25, 0.3) is 5.91 Å². The summed E-state index contributed by atoms with van der Waals surface area (Å²) >= 11 is 0. The Morgan fingerprint density at radius 3 is 2.74 bits per heavy atom. The third-order valence-electron chi connectivity index (χ3n) is 4.50. The molecule has 1 saturated heterocycles. The fraction of sp³-hybridized carbons (Fsp3) is 0.333. The van der Waals surface area contributed by atoms with Crippen LogP contribution in [0.5, 0.6) is 5.75 Å². The molecule has 5 nitrogen and oxygen atoms in total. The van der Waals surface area contributed by atoms with Gasteiger partial charge in [0.05, 0.1) is 0 Å². The first-order valence-electron chi connectivity index (χ1n) is 7.67. The molecule has 0 spiro atoms. The quantitative estimate of drug-likeness (QED) is 0.942. The van der Waals surface area contributed by atoms with E-state index in [4.69, 9.17) is 4.74 Å². The van der Waals surface area contributed by atoms with Gasteiger partial charge in [-0.3, -0.25) is 4.79 Å². The largest absolute Gasteiger partial charge is 0.483 e. The van der Waals surface area contributed by atoms with E-state index in [-0.39, 0.29) is 12.5 Å². The zero-order chi connectivity index (χ0) is 16.4. The number of hydrogen-bond acceptors (Lipinski definition) is 3. The minimum absolute atomic E-state index is 0.156. The van der Waals surface area contributed by atoms with Crippen LogP contribution in [-0.2, 0) is 9.59 Å². The molecule has 1 N–H and O–H groups in total. The first-order valence-corrected chi connectivity index (χ1v) is 7.67. The molecule has 0 radical (unpaired) electrons. The molecule has 1 amide bonds. The zero-order valence-electron chi connectivity index (χ0n) is 13.0. The second-order valence-electron chi connectivity index (χ2n) is 5.99. The topological polar surface area (TPSA) is 66.8 Å². The molecule has 1 fully saturated rings. The van der Waals surface area contributed by atoms with Crippen molar-refractivity contribution < 1.29 is 19.4 Å². The van der Waals surface area contributed by atoms with E-state index < -0.39 is 11.5 Å². The lowest BCUT2D eigenvalue weighted by Gasteiger charge is -2.31. The highest BCUT2D eigenvalue weighted by atomic mass is 16.5. The summed E-state index contributed by atoms with van der Waals surface area (Å²) in [5.74, 6) is -0.624. The molecular weight excluding hydrogens is 294 g/mol. The van der Waals surface area contributed by atoms with Gasteiger partial charge in [-0.05, 0) is 31.2 Å². The molecule has 2 aromatic carbocycles. The number of aliphatic carboxylic acids is 1. The van der Waals surface area contributed by atoms with Crippen LogP contribution in [0.4, 0.5) is 0 Å². The number of hydrogen-bond donors (Lipinski definition) is 1. The van der Waals surface area contributed by atoms with Crippen LogP contribution in [0.25, 0.3) is 10.8 Å². The number of nitrogens with zero attached hydrogens (tertiary/aromatic N) is 1. The molecule has 1 unspecified atom stereocenters. The molecule has 1 heterocycles. The summed E-state index contributed by atoms with van der Waals surface area (Å²) in [5, 5.41) is 11.4. The van der Waals surface area contributed by atoms with E-state index in [1.807, 2.05) is 42.5 Å². The van der Waals surface area contributed by atoms with E-state index in [0.717, 1.165) is 10.8 Å². The Hall–Kier alpha value is -2.56. The number of benzene rings is 2. The number of fused-ring (bicyclic) bond motifs is 1. The average Bonchev–Trinajstić information content (AvgIpc) is 2.96. The van der Waals surface area contributed by atoms with Gasteiger partial charge in [0.1, 0.15) is 11.3 Å². The molecule has 1 aliphatic heterocycles. The van der Waals surface area contributed by atoms with Gasteiger partial charge in [-0.2, -0.15) is 0 Å². The standard InChI is InChI=1S/C18H19NO4/c1-18(17(21)22)10-5-11-19(18)16(20)12-23-15-9-4-7-13-6-2-3-8-14(13)15/h2-4,6-9H,5,10-12H2,1H3,(H,21,22). The maximum Gasteiger partial charge on any atom is 0.329 e. The second-order valence-corrected chi connectivity index (χ2v) is 5.99. The number of ether oxygens (including phenoxy) is 1. The van der Waals surface area contributed by atoms with Gasteiger partial charge >= 0.3 is 5.97 Å². The van der Waals surface area contributed by atoms with Crippen LogP contribution in [0.3, 0.4) is 0 Å². The van der Waals surface area contributed by atoms with Crippen LogP contribution < -0.4 is 4.74 Å². The Kier molecular flexibility index (Phi) is 3.94. The summed E-state index contributed by atoms with van der Waals surface area (Å²) in [7, 11) is 0. The van der Waals surface area contributed by atoms with Crippen molar-refractivity contribution in [2.75, 3.05) is 13.2 Å². The minimum Gasteiger partial charge on any atom is -0.483 e. The molecule has 1 aliphatic rings. The van der Waals surface area contributed by atoms with Crippen molar-refractivity contribution in [3.05, 3.63) is 42.5 Å². The van der Waals surface area contributed by atoms with Gasteiger partial charge < -0.3 is 14.7 Å². The predicted octanol–water partition coefficient (Wildman–Crippen LogP) is 2.68. The Balaban J connectivity index is 1.75. The Labute approximate surface area is 134 Å². The molecule has 3 rings (SSSR count). The van der Waals surface area contributed by atoms with E-state index >= 15 is 0 Å². The highest BCUT2D eigenvalue weighted by molar-refractivity contribution is 5.90. The molecule has 1 atom stereocenters. The number of carbonyl (C=O) groups excluding carboxylic acids is 1. The molecule has 2 aromatic rings. The second kappa shape index (κ2) is 5.91. The third kappa shape index (κ3) is 2.74. The maximum absolute atomic E-state index is 12.4. The Morgan fingerprint density at radius 1 is 1.22 bits per heavy atom. The summed E-state index contributed by atoms with van der Waals surface area (Å²) in [4.78, 5) is 25.3. The van der Waals surface area contributed by atoms with E-state index in [1.54, 1.807) is 6.92 Å². The van der Waals surface area contributed by atoms with Crippen LogP contribution >= 0.6 is 0 Å². The normalized spacial score (nSPS) is 20.7. The fourth-order valence-corrected chi connectivity index (χ4v) is 3.12. The van der Waals surface area contributed by atoms with Crippen LogP contribution in [0.2, 0.25) is 0 Å². The smallest absolute Gasteiger partial charge is 0.329 e. The monoisotopic (exact) mass is 313 g/mol. The highest BCUT2D eigenvalue weighted by Gasteiger charge is 2.45. The number of carbonyl (C=O) groups is 2. The first kappa shape index (κ1) is 15.3. The summed E-state index contributed by atoms with van der Waals surface area (Å²) in [6.07, 6.45) is 1.17. The minimum atomic E-state index is -1.13. The Morgan fingerprint density at radius 2 is 1.96 bits per heavy atom. The summed E-state index contributed by atoms with van der Waals surface area (Å²) in [5.41, 5.74) is -1.13. The van der Waals surface area contributed by atoms with Gasteiger partial charge in [0.2, 0.25) is 0 Å². The molecule has 0 bridgehead atoms. The van der Waals surface area contributed by atoms with E-state index in [2.05, 4.69) is 0 Å². The van der Waals surface area contributed by atoms with Crippen molar-refractivity contribution >= 4 is 22.6 Å². The fourth-order valence-electron chi connectivity index (χ4n) is 3.12. The van der Waals surface area contributed by atoms with Crippen molar-refractivity contribution in [2.45, 2.75) is 25.3 Å². The lowest BCUT2D eigenvalue weighted by molar-refractivity contribution is -0.156. The highest BCUT2D eigenvalue weighted by Crippen LogP contribution is 2.30. The predicted molar refractivity (Wildman–Crippen MR) is 86.4 cm³/mol. The molecule has 0 aromatic heterocycles. The number of likely N-dealkylation sites (tertiary alicyclic amines) is 1. The van der Waals surface area contributed by atoms with Crippen molar-refractivity contribution in [1.29, 1.82) is 0 Å². The van der Waals surface area contributed by atoms with Crippen molar-refractivity contribution in [2.24, 2.45) is 0 Å². The lowest BCUT2D eigenvalue weighted by Crippen LogP contribution is -2.52. The first-order chi connectivity index (χ1) is 11.0. The van der Waals surface area contributed by atoms with Crippen LogP contribution in [0.1, 0.15) is 19.8 Å². The number of carboxylic acids is 1. The van der Waals surface area contributed by atoms with Gasteiger partial charge in [-0.15, -0.1) is 0 Å². The van der Waals surface area contributed by atoms with Gasteiger partial charge in [0.15, 0.2) is 6.61 Å². The van der Waals surface area contributed by atoms with Gasteiger partial charge in [-0.1, -0.05) is 36.4 Å². The van der Waals surface area contributed by atoms with Gasteiger partial charge in [-0.25, -0.2) is 4.79 Å². The summed E-state index contributed by atoms with van der Waals surface area (Å²) < 4.78 is 5.68. The van der Waals surface area contributed by atoms with Crippen LogP contribution in [0.15, 0.2) is 42.5 Å². The zero-order valence-corrected chi connectivity index (χ0v) is 13.0. The molecule has 0 aliphatic carbocycles. The lowest BCUT2D eigenvalue weighted by atomic mass is 9.99. The van der Waals surface area contributed by atoms with E-state index in [0.29, 0.717) is 25.1 Å². The molecule has 5 heteroatoms. The molecule has 23 heavy (non-hydrogen) atoms. The number of amides is 1. The Bertz CT molecular complexity index is 752. The van der Waals surface area contributed by atoms with Crippen molar-refractivity contribution in [3.63, 3.8) is 0 Å². The van der Waals surface area contributed by atoms with Gasteiger partial charge in [0, 0.05) is 11.9 Å². The van der Waals surface area contributed by atoms with Crippen molar-refractivity contribution in [1.82, 2.24) is 4.90 Å². The van der Waals surface area contributed by atoms with Crippen LogP contribution in [0, 0.1) is 0 Å². The summed E-state index contributed by atoms with van der Waals surface area (Å²) in [6.45, 7) is 1.90. The van der Waals surface area contributed by atoms with E-state index in [1.165, 1.54) is 4.90 Å². The number of carboxylic acid groups (broad SMARTS) is 1. The SMILES string of the molecule is CC1(C(=O)O)CCCN1C(=O)COc1cccc2ccccc12. The van der Waals surface area contributed by atoms with Crippen molar-refractivity contribution in [3.8, 4) is 5.75 Å². The third-order valence-corrected chi connectivity index (χ3v) is 4.50. The molecule has 120 valence electrons. The van der Waals surface area contributed by atoms with E-state index in [9.17, 15) is 14.7 Å². The van der Waals surface area contributed by atoms with Crippen LogP contribution in [-0.4, -0.2) is 40.6 Å².